The summed E-state index contributed by atoms with van der Waals surface area (Å²) < 4.78 is 4.24. The number of aromatic nitrogens is 2. The highest BCUT2D eigenvalue weighted by Gasteiger charge is 2.20. The van der Waals surface area contributed by atoms with Crippen LogP contribution in [0.15, 0.2) is 39.6 Å². The molecule has 3 aromatic rings. The summed E-state index contributed by atoms with van der Waals surface area (Å²) in [6.45, 7) is 3.85. The van der Waals surface area contributed by atoms with Crippen molar-refractivity contribution in [2.24, 2.45) is 14.1 Å². The Morgan fingerprint density at radius 2 is 1.66 bits per heavy atom. The number of nitrogens with one attached hydrogen (secondary N) is 2. The molecule has 0 radical (unpaired) electrons. The van der Waals surface area contributed by atoms with Crippen LogP contribution in [0, 0.1) is 6.92 Å². The van der Waals surface area contributed by atoms with Crippen LogP contribution < -0.4 is 21.2 Å². The van der Waals surface area contributed by atoms with Crippen LogP contribution >= 0.6 is 15.9 Å². The molecule has 2 heterocycles. The average molecular weight is 458 g/mol. The lowest BCUT2D eigenvalue weighted by Gasteiger charge is -2.22. The van der Waals surface area contributed by atoms with Gasteiger partial charge in [-0.3, -0.25) is 9.13 Å². The molecule has 0 aliphatic carbocycles. The highest BCUT2D eigenvalue weighted by atomic mass is 79.9. The first-order chi connectivity index (χ1) is 13.8. The standard InChI is InChI=1S/C21H24BrN5O2/c1-13-10-14(6-7-15(13)22)23-20(28)24-16-11-18-19(26(3)21(29)25(18)2)12-17(16)27-8-4-5-9-27/h6-7,10-12H,4-5,8-9H2,1-3H3,(H2,23,24,28). The Bertz CT molecular complexity index is 1160. The highest BCUT2D eigenvalue weighted by molar-refractivity contribution is 9.10. The monoisotopic (exact) mass is 457 g/mol. The maximum absolute atomic E-state index is 12.7. The highest BCUT2D eigenvalue weighted by Crippen LogP contribution is 2.33. The van der Waals surface area contributed by atoms with Crippen LogP contribution in [0.4, 0.5) is 21.9 Å². The first-order valence-electron chi connectivity index (χ1n) is 9.63. The van der Waals surface area contributed by atoms with Crippen molar-refractivity contribution in [2.45, 2.75) is 19.8 Å². The summed E-state index contributed by atoms with van der Waals surface area (Å²) >= 11 is 3.47. The molecule has 8 heteroatoms. The molecule has 0 unspecified atom stereocenters. The Kier molecular flexibility index (Phi) is 5.12. The van der Waals surface area contributed by atoms with Gasteiger partial charge in [0.1, 0.15) is 0 Å². The largest absolute Gasteiger partial charge is 0.370 e. The second-order valence-electron chi connectivity index (χ2n) is 7.50. The number of aryl methyl sites for hydroxylation is 3. The molecular weight excluding hydrogens is 434 g/mol. The van der Waals surface area contributed by atoms with E-state index in [4.69, 9.17) is 0 Å². The van der Waals surface area contributed by atoms with Crippen molar-refractivity contribution in [3.8, 4) is 0 Å². The zero-order chi connectivity index (χ0) is 20.7. The molecule has 1 aliphatic heterocycles. The number of benzene rings is 2. The van der Waals surface area contributed by atoms with Crippen LogP contribution in [0.2, 0.25) is 0 Å². The van der Waals surface area contributed by atoms with Crippen molar-refractivity contribution in [3.63, 3.8) is 0 Å². The van der Waals surface area contributed by atoms with Gasteiger partial charge in [-0.15, -0.1) is 0 Å². The van der Waals surface area contributed by atoms with E-state index in [1.165, 1.54) is 0 Å². The molecule has 7 nitrogen and oxygen atoms in total. The van der Waals surface area contributed by atoms with Crippen LogP contribution in [-0.4, -0.2) is 28.3 Å². The lowest BCUT2D eigenvalue weighted by Crippen LogP contribution is -2.24. The molecule has 152 valence electrons. The lowest BCUT2D eigenvalue weighted by molar-refractivity contribution is 0.262. The summed E-state index contributed by atoms with van der Waals surface area (Å²) in [5, 5.41) is 5.88. The van der Waals surface area contributed by atoms with E-state index in [0.717, 1.165) is 58.4 Å². The van der Waals surface area contributed by atoms with Gasteiger partial charge in [-0.05, 0) is 55.7 Å². The Labute approximate surface area is 177 Å². The molecule has 2 N–H and O–H groups in total. The molecule has 1 fully saturated rings. The molecular formula is C21H24BrN5O2. The maximum Gasteiger partial charge on any atom is 0.328 e. The SMILES string of the molecule is Cc1cc(NC(=O)Nc2cc3c(cc2N2CCCC2)n(C)c(=O)n3C)ccc1Br. The van der Waals surface area contributed by atoms with Gasteiger partial charge in [0.25, 0.3) is 0 Å². The number of hydrogen-bond acceptors (Lipinski definition) is 3. The fraction of sp³-hybridized carbons (Fsp3) is 0.333. The summed E-state index contributed by atoms with van der Waals surface area (Å²) in [6.07, 6.45) is 2.24. The van der Waals surface area contributed by atoms with Crippen LogP contribution in [-0.2, 0) is 14.1 Å². The second kappa shape index (κ2) is 7.59. The van der Waals surface area contributed by atoms with Crippen LogP contribution in [0.1, 0.15) is 18.4 Å². The van der Waals surface area contributed by atoms with Gasteiger partial charge in [-0.1, -0.05) is 15.9 Å². The van der Waals surface area contributed by atoms with Crippen LogP contribution in [0.3, 0.4) is 0 Å². The first kappa shape index (κ1) is 19.6. The normalized spacial score (nSPS) is 13.9. The zero-order valence-corrected chi connectivity index (χ0v) is 18.3. The van der Waals surface area contributed by atoms with E-state index in [9.17, 15) is 9.59 Å². The topological polar surface area (TPSA) is 71.3 Å². The summed E-state index contributed by atoms with van der Waals surface area (Å²) in [5.41, 5.74) is 4.97. The number of imidazole rings is 1. The number of halogens is 1. The van der Waals surface area contributed by atoms with Crippen LogP contribution in [0.25, 0.3) is 11.0 Å². The molecule has 1 aliphatic rings. The van der Waals surface area contributed by atoms with Gasteiger partial charge in [-0.25, -0.2) is 9.59 Å². The van der Waals surface area contributed by atoms with Crippen molar-refractivity contribution in [1.29, 1.82) is 0 Å². The lowest BCUT2D eigenvalue weighted by atomic mass is 10.2. The van der Waals surface area contributed by atoms with E-state index in [-0.39, 0.29) is 11.7 Å². The van der Waals surface area contributed by atoms with Crippen molar-refractivity contribution >= 4 is 50.1 Å². The van der Waals surface area contributed by atoms with Gasteiger partial charge in [0.2, 0.25) is 0 Å². The molecule has 2 aromatic carbocycles. The van der Waals surface area contributed by atoms with Crippen molar-refractivity contribution < 1.29 is 4.79 Å². The molecule has 29 heavy (non-hydrogen) atoms. The number of rotatable bonds is 3. The predicted molar refractivity (Wildman–Crippen MR) is 121 cm³/mol. The molecule has 0 saturated carbocycles. The molecule has 1 saturated heterocycles. The Balaban J connectivity index is 1.69. The molecule has 0 atom stereocenters. The van der Waals surface area contributed by atoms with Gasteiger partial charge in [0.15, 0.2) is 0 Å². The van der Waals surface area contributed by atoms with Crippen LogP contribution in [0.5, 0.6) is 0 Å². The zero-order valence-electron chi connectivity index (χ0n) is 16.8. The summed E-state index contributed by atoms with van der Waals surface area (Å²) in [4.78, 5) is 27.3. The van der Waals surface area contributed by atoms with Crippen molar-refractivity contribution in [1.82, 2.24) is 9.13 Å². The number of anilines is 3. The summed E-state index contributed by atoms with van der Waals surface area (Å²) in [6, 6.07) is 9.24. The number of hydrogen-bond donors (Lipinski definition) is 2. The third-order valence-corrected chi connectivity index (χ3v) is 6.39. The van der Waals surface area contributed by atoms with Gasteiger partial charge < -0.3 is 15.5 Å². The first-order valence-corrected chi connectivity index (χ1v) is 10.4. The van der Waals surface area contributed by atoms with Gasteiger partial charge in [0.05, 0.1) is 22.4 Å². The van der Waals surface area contributed by atoms with Gasteiger partial charge >= 0.3 is 11.7 Å². The number of carbonyl (C=O) groups is 1. The maximum atomic E-state index is 12.7. The van der Waals surface area contributed by atoms with Crippen molar-refractivity contribution in [3.05, 3.63) is 50.9 Å². The Morgan fingerprint density at radius 1 is 1.00 bits per heavy atom. The summed E-state index contributed by atoms with van der Waals surface area (Å²) in [7, 11) is 3.52. The van der Waals surface area contributed by atoms with Gasteiger partial charge in [0, 0.05) is 37.3 Å². The second-order valence-corrected chi connectivity index (χ2v) is 8.35. The van der Waals surface area contributed by atoms with E-state index in [0.29, 0.717) is 5.69 Å². The number of amides is 2. The summed E-state index contributed by atoms with van der Waals surface area (Å²) in [5.74, 6) is 0. The third-order valence-electron chi connectivity index (χ3n) is 5.50. The fourth-order valence-electron chi connectivity index (χ4n) is 3.86. The Hall–Kier alpha value is -2.74. The minimum atomic E-state index is -0.313. The third kappa shape index (κ3) is 3.64. The number of nitrogens with zero attached hydrogens (tertiary/aromatic N) is 3. The van der Waals surface area contributed by atoms with E-state index >= 15 is 0 Å². The smallest absolute Gasteiger partial charge is 0.328 e. The quantitative estimate of drug-likeness (QED) is 0.619. The van der Waals surface area contributed by atoms with E-state index in [1.54, 1.807) is 23.2 Å². The minimum Gasteiger partial charge on any atom is -0.370 e. The van der Waals surface area contributed by atoms with E-state index < -0.39 is 0 Å². The molecule has 2 amide bonds. The number of fused-ring (bicyclic) bond motifs is 1. The van der Waals surface area contributed by atoms with Gasteiger partial charge in [-0.2, -0.15) is 0 Å². The van der Waals surface area contributed by atoms with E-state index in [1.807, 2.05) is 37.3 Å². The van der Waals surface area contributed by atoms with Crippen molar-refractivity contribution in [2.75, 3.05) is 28.6 Å². The molecule has 1 aromatic heterocycles. The fourth-order valence-corrected chi connectivity index (χ4v) is 4.11. The predicted octanol–water partition coefficient (Wildman–Crippen LogP) is 4.19. The van der Waals surface area contributed by atoms with E-state index in [2.05, 4.69) is 31.5 Å². The number of carbonyl (C=O) groups excluding carboxylic acids is 1. The number of urea groups is 1. The Morgan fingerprint density at radius 3 is 2.31 bits per heavy atom. The molecule has 0 bridgehead atoms. The molecule has 0 spiro atoms. The molecule has 4 rings (SSSR count). The minimum absolute atomic E-state index is 0.0840. The average Bonchev–Trinajstić information content (AvgIpc) is 3.29.